The van der Waals surface area contributed by atoms with E-state index < -0.39 is 25.6 Å². The van der Waals surface area contributed by atoms with E-state index in [9.17, 15) is 9.36 Å². The zero-order chi connectivity index (χ0) is 20.9. The predicted octanol–water partition coefficient (Wildman–Crippen LogP) is 1.97. The second-order valence-electron chi connectivity index (χ2n) is 6.68. The van der Waals surface area contributed by atoms with Crippen LogP contribution in [0.1, 0.15) is 34.6 Å². The van der Waals surface area contributed by atoms with Crippen molar-refractivity contribution in [1.82, 2.24) is 19.5 Å². The SMILES string of the molecule is CC(C)OOP(=O)(COC(C)Cn1cnc2c(=O)[nH]c(N)nc21)OOC(C)C. The molecule has 0 radical (unpaired) electrons. The highest BCUT2D eigenvalue weighted by atomic mass is 31.2. The number of nitrogens with two attached hydrogens (primary N) is 1. The third kappa shape index (κ3) is 6.36. The first kappa shape index (κ1) is 22.5. The van der Waals surface area contributed by atoms with Crippen LogP contribution in [0.2, 0.25) is 0 Å². The largest absolute Gasteiger partial charge is 0.409 e. The summed E-state index contributed by atoms with van der Waals surface area (Å²) in [5.74, 6) is -0.0178. The Balaban J connectivity index is 2.03. The minimum Gasteiger partial charge on any atom is -0.369 e. The zero-order valence-corrected chi connectivity index (χ0v) is 17.3. The molecule has 0 bridgehead atoms. The molecule has 158 valence electrons. The third-order valence-corrected chi connectivity index (χ3v) is 4.25. The van der Waals surface area contributed by atoms with Gasteiger partial charge in [0.25, 0.3) is 5.56 Å². The van der Waals surface area contributed by atoms with Gasteiger partial charge in [0.2, 0.25) is 5.95 Å². The summed E-state index contributed by atoms with van der Waals surface area (Å²) in [4.78, 5) is 32.2. The summed E-state index contributed by atoms with van der Waals surface area (Å²) < 4.78 is 29.7. The first-order valence-corrected chi connectivity index (χ1v) is 10.4. The standard InChI is InChI=1S/C15H26N5O7P/c1-9(2)24-26-28(22,27-25-10(3)4)8-23-11(5)6-20-7-17-12-13(20)18-15(16)19-14(12)21/h7,9-11H,6,8H2,1-5H3,(H3,16,18,19,21). The average molecular weight is 419 g/mol. The smallest absolute Gasteiger partial charge is 0.369 e. The summed E-state index contributed by atoms with van der Waals surface area (Å²) in [6, 6.07) is 0. The lowest BCUT2D eigenvalue weighted by Gasteiger charge is -2.20. The molecule has 1 unspecified atom stereocenters. The van der Waals surface area contributed by atoms with Crippen molar-refractivity contribution in [2.75, 3.05) is 12.1 Å². The minimum absolute atomic E-state index is 0.0178. The Bertz CT molecular complexity index is 865. The van der Waals surface area contributed by atoms with Crippen LogP contribution < -0.4 is 11.3 Å². The summed E-state index contributed by atoms with van der Waals surface area (Å²) >= 11 is 0. The fourth-order valence-electron chi connectivity index (χ4n) is 2.01. The second kappa shape index (κ2) is 9.59. The van der Waals surface area contributed by atoms with Crippen molar-refractivity contribution in [2.24, 2.45) is 0 Å². The monoisotopic (exact) mass is 419 g/mol. The highest BCUT2D eigenvalue weighted by Gasteiger charge is 2.31. The van der Waals surface area contributed by atoms with E-state index in [4.69, 9.17) is 29.6 Å². The molecule has 28 heavy (non-hydrogen) atoms. The number of nitrogens with one attached hydrogen (secondary N) is 1. The van der Waals surface area contributed by atoms with Gasteiger partial charge < -0.3 is 15.0 Å². The van der Waals surface area contributed by atoms with Crippen molar-refractivity contribution in [3.05, 3.63) is 16.7 Å². The number of fused-ring (bicyclic) bond motifs is 1. The quantitative estimate of drug-likeness (QED) is 0.314. The molecule has 2 rings (SSSR count). The highest BCUT2D eigenvalue weighted by Crippen LogP contribution is 2.49. The van der Waals surface area contributed by atoms with Gasteiger partial charge in [-0.25, -0.2) is 14.8 Å². The van der Waals surface area contributed by atoms with Gasteiger partial charge in [-0.3, -0.25) is 14.3 Å². The number of rotatable bonds is 11. The van der Waals surface area contributed by atoms with Gasteiger partial charge in [-0.1, -0.05) is 0 Å². The van der Waals surface area contributed by atoms with Crippen LogP contribution in [0, 0.1) is 0 Å². The number of aromatic nitrogens is 4. The molecule has 2 aromatic heterocycles. The summed E-state index contributed by atoms with van der Waals surface area (Å²) in [6.45, 7) is 8.84. The molecule has 0 aliphatic carbocycles. The number of aromatic amines is 1. The van der Waals surface area contributed by atoms with Gasteiger partial charge in [-0.05, 0) is 34.6 Å². The van der Waals surface area contributed by atoms with Crippen LogP contribution in [0.15, 0.2) is 11.1 Å². The van der Waals surface area contributed by atoms with E-state index in [-0.39, 0.29) is 30.2 Å². The first-order valence-electron chi connectivity index (χ1n) is 8.71. The number of ether oxygens (including phenoxy) is 1. The fraction of sp³-hybridized carbons (Fsp3) is 0.667. The number of hydrogen-bond acceptors (Lipinski definition) is 10. The molecule has 0 amide bonds. The molecular weight excluding hydrogens is 393 g/mol. The number of H-pyrrole nitrogens is 1. The number of nitrogens with zero attached hydrogens (tertiary/aromatic N) is 3. The van der Waals surface area contributed by atoms with E-state index in [1.165, 1.54) is 6.33 Å². The van der Waals surface area contributed by atoms with Crippen LogP contribution in [0.4, 0.5) is 5.95 Å². The van der Waals surface area contributed by atoms with Crippen LogP contribution >= 0.6 is 7.60 Å². The topological polar surface area (TPSA) is 153 Å². The highest BCUT2D eigenvalue weighted by molar-refractivity contribution is 7.53. The molecule has 1 atom stereocenters. The van der Waals surface area contributed by atoms with E-state index in [1.807, 2.05) is 0 Å². The Morgan fingerprint density at radius 1 is 1.18 bits per heavy atom. The zero-order valence-electron chi connectivity index (χ0n) is 16.4. The maximum absolute atomic E-state index is 12.7. The Hall–Kier alpha value is -1.82. The number of hydrogen-bond donors (Lipinski definition) is 2. The van der Waals surface area contributed by atoms with Crippen LogP contribution in [0.3, 0.4) is 0 Å². The maximum atomic E-state index is 12.7. The first-order chi connectivity index (χ1) is 13.1. The van der Waals surface area contributed by atoms with E-state index >= 15 is 0 Å². The molecule has 0 fully saturated rings. The molecule has 0 spiro atoms. The summed E-state index contributed by atoms with van der Waals surface area (Å²) in [5.41, 5.74) is 5.63. The van der Waals surface area contributed by atoms with Crippen molar-refractivity contribution < 1.29 is 28.4 Å². The van der Waals surface area contributed by atoms with Gasteiger partial charge >= 0.3 is 7.60 Å². The van der Waals surface area contributed by atoms with Crippen molar-refractivity contribution in [1.29, 1.82) is 0 Å². The fourth-order valence-corrected chi connectivity index (χ4v) is 3.17. The molecule has 13 heteroatoms. The summed E-state index contributed by atoms with van der Waals surface area (Å²) in [5, 5.41) is 0. The van der Waals surface area contributed by atoms with Gasteiger partial charge in [0.15, 0.2) is 17.5 Å². The molecular formula is C15H26N5O7P. The summed E-state index contributed by atoms with van der Waals surface area (Å²) in [7, 11) is -3.82. The van der Waals surface area contributed by atoms with Gasteiger partial charge in [0.05, 0.1) is 31.2 Å². The third-order valence-electron chi connectivity index (χ3n) is 3.16. The van der Waals surface area contributed by atoms with Gasteiger partial charge in [-0.2, -0.15) is 4.98 Å². The van der Waals surface area contributed by atoms with Crippen LogP contribution in [-0.2, 0) is 35.0 Å². The Kier molecular flexibility index (Phi) is 7.70. The van der Waals surface area contributed by atoms with Crippen molar-refractivity contribution >= 4 is 24.7 Å². The van der Waals surface area contributed by atoms with E-state index in [0.717, 1.165) is 0 Å². The normalized spacial score (nSPS) is 13.7. The van der Waals surface area contributed by atoms with Crippen molar-refractivity contribution in [2.45, 2.75) is 59.5 Å². The molecule has 3 N–H and O–H groups in total. The molecule has 0 aliphatic heterocycles. The Morgan fingerprint density at radius 2 is 1.79 bits per heavy atom. The van der Waals surface area contributed by atoms with Gasteiger partial charge in [0.1, 0.15) is 0 Å². The Labute approximate surface area is 161 Å². The van der Waals surface area contributed by atoms with E-state index in [2.05, 4.69) is 15.0 Å². The molecule has 0 saturated carbocycles. The molecule has 2 aromatic rings. The van der Waals surface area contributed by atoms with Gasteiger partial charge in [-0.15, -0.1) is 9.35 Å². The van der Waals surface area contributed by atoms with Crippen LogP contribution in [-0.4, -0.2) is 44.2 Å². The molecule has 2 heterocycles. The summed E-state index contributed by atoms with van der Waals surface area (Å²) in [6.07, 6.45) is -0.0853. The predicted molar refractivity (Wildman–Crippen MR) is 100 cm³/mol. The number of imidazole rings is 1. The van der Waals surface area contributed by atoms with Crippen LogP contribution in [0.25, 0.3) is 11.2 Å². The van der Waals surface area contributed by atoms with E-state index in [0.29, 0.717) is 5.65 Å². The second-order valence-corrected chi connectivity index (χ2v) is 8.45. The lowest BCUT2D eigenvalue weighted by molar-refractivity contribution is -0.294. The van der Waals surface area contributed by atoms with Crippen molar-refractivity contribution in [3.63, 3.8) is 0 Å². The molecule has 0 saturated heterocycles. The number of anilines is 1. The minimum atomic E-state index is -3.82. The molecule has 0 aromatic carbocycles. The van der Waals surface area contributed by atoms with Gasteiger partial charge in [0, 0.05) is 0 Å². The lowest BCUT2D eigenvalue weighted by atomic mass is 10.4. The Morgan fingerprint density at radius 3 is 2.36 bits per heavy atom. The van der Waals surface area contributed by atoms with E-state index in [1.54, 1.807) is 39.2 Å². The van der Waals surface area contributed by atoms with Crippen molar-refractivity contribution in [3.8, 4) is 0 Å². The molecule has 0 aliphatic rings. The average Bonchev–Trinajstić information content (AvgIpc) is 3.00. The lowest BCUT2D eigenvalue weighted by Crippen LogP contribution is -2.19. The molecule has 12 nitrogen and oxygen atoms in total. The maximum Gasteiger partial charge on any atom is 0.409 e. The van der Waals surface area contributed by atoms with Crippen LogP contribution in [0.5, 0.6) is 0 Å². The number of nitrogen functional groups attached to an aromatic ring is 1.